The van der Waals surface area contributed by atoms with Crippen molar-refractivity contribution in [1.29, 1.82) is 0 Å². The first-order valence-electron chi connectivity index (χ1n) is 9.10. The van der Waals surface area contributed by atoms with E-state index in [9.17, 15) is 14.4 Å². The van der Waals surface area contributed by atoms with Gasteiger partial charge in [-0.05, 0) is 25.0 Å². The van der Waals surface area contributed by atoms with E-state index in [2.05, 4.69) is 10.3 Å². The molecule has 0 aliphatic heterocycles. The smallest absolute Gasteiger partial charge is 0.287 e. The van der Waals surface area contributed by atoms with Crippen molar-refractivity contribution < 1.29 is 19.1 Å². The topological polar surface area (TPSA) is 111 Å². The van der Waals surface area contributed by atoms with Gasteiger partial charge < -0.3 is 15.8 Å². The van der Waals surface area contributed by atoms with Crippen molar-refractivity contribution in [1.82, 2.24) is 10.3 Å². The fourth-order valence-electron chi connectivity index (χ4n) is 2.84. The van der Waals surface area contributed by atoms with Crippen molar-refractivity contribution in [3.63, 3.8) is 0 Å². The molecule has 8 heteroatoms. The summed E-state index contributed by atoms with van der Waals surface area (Å²) >= 11 is 1.36. The van der Waals surface area contributed by atoms with Gasteiger partial charge in [-0.2, -0.15) is 0 Å². The van der Waals surface area contributed by atoms with Crippen molar-refractivity contribution in [3.05, 3.63) is 34.7 Å². The SMILES string of the molecule is CNC(=O)C(=O)C(CCCCCC(N)=O)c1nc(-c2cccc(OC)c2)cs1. The van der Waals surface area contributed by atoms with E-state index in [0.717, 1.165) is 23.4 Å². The number of nitrogens with two attached hydrogens (primary N) is 1. The summed E-state index contributed by atoms with van der Waals surface area (Å²) in [5.74, 6) is -1.33. The van der Waals surface area contributed by atoms with E-state index in [1.807, 2.05) is 29.6 Å². The fraction of sp³-hybridized carbons (Fsp3) is 0.400. The summed E-state index contributed by atoms with van der Waals surface area (Å²) in [6, 6.07) is 7.51. The molecule has 0 spiro atoms. The molecule has 1 aromatic carbocycles. The van der Waals surface area contributed by atoms with Crippen molar-refractivity contribution in [2.75, 3.05) is 14.2 Å². The minimum absolute atomic E-state index is 0.325. The Hall–Kier alpha value is -2.74. The van der Waals surface area contributed by atoms with Crippen LogP contribution in [0.25, 0.3) is 11.3 Å². The van der Waals surface area contributed by atoms with Crippen LogP contribution in [0.1, 0.15) is 43.0 Å². The summed E-state index contributed by atoms with van der Waals surface area (Å²) in [5, 5.41) is 4.88. The molecule has 0 fully saturated rings. The molecule has 0 saturated heterocycles. The Bertz CT molecular complexity index is 834. The zero-order valence-corrected chi connectivity index (χ0v) is 16.9. The number of ketones is 1. The molecule has 150 valence electrons. The first kappa shape index (κ1) is 21.6. The van der Waals surface area contributed by atoms with E-state index in [-0.39, 0.29) is 5.91 Å². The molecule has 0 saturated carbocycles. The highest BCUT2D eigenvalue weighted by molar-refractivity contribution is 7.10. The summed E-state index contributed by atoms with van der Waals surface area (Å²) < 4.78 is 5.24. The van der Waals surface area contributed by atoms with Crippen LogP contribution in [0.3, 0.4) is 0 Å². The van der Waals surface area contributed by atoms with Crippen LogP contribution in [0.4, 0.5) is 0 Å². The van der Waals surface area contributed by atoms with Gasteiger partial charge in [-0.3, -0.25) is 14.4 Å². The maximum Gasteiger partial charge on any atom is 0.287 e. The maximum absolute atomic E-state index is 12.6. The van der Waals surface area contributed by atoms with Gasteiger partial charge in [0.2, 0.25) is 11.7 Å². The van der Waals surface area contributed by atoms with Gasteiger partial charge in [-0.25, -0.2) is 4.98 Å². The van der Waals surface area contributed by atoms with Crippen LogP contribution >= 0.6 is 11.3 Å². The number of Topliss-reactive ketones (excluding diaryl/α,β-unsaturated/α-hetero) is 1. The third-order valence-corrected chi connectivity index (χ3v) is 5.33. The van der Waals surface area contributed by atoms with Gasteiger partial charge in [0, 0.05) is 24.4 Å². The minimum atomic E-state index is -0.625. The zero-order chi connectivity index (χ0) is 20.5. The summed E-state index contributed by atoms with van der Waals surface area (Å²) in [4.78, 5) is 39.9. The second kappa shape index (κ2) is 10.6. The Kier molecular flexibility index (Phi) is 8.13. The number of likely N-dealkylation sites (N-methyl/N-ethyl adjacent to an activating group) is 1. The van der Waals surface area contributed by atoms with E-state index in [4.69, 9.17) is 10.5 Å². The molecule has 0 aliphatic carbocycles. The van der Waals surface area contributed by atoms with Crippen LogP contribution < -0.4 is 15.8 Å². The van der Waals surface area contributed by atoms with E-state index in [1.54, 1.807) is 7.11 Å². The minimum Gasteiger partial charge on any atom is -0.497 e. The third-order valence-electron chi connectivity index (χ3n) is 4.37. The Morgan fingerprint density at radius 2 is 2.04 bits per heavy atom. The number of primary amides is 1. The van der Waals surface area contributed by atoms with Gasteiger partial charge >= 0.3 is 0 Å². The Balaban J connectivity index is 2.16. The number of methoxy groups -OCH3 is 1. The molecule has 1 atom stereocenters. The highest BCUT2D eigenvalue weighted by Gasteiger charge is 2.28. The van der Waals surface area contributed by atoms with Crippen molar-refractivity contribution in [2.24, 2.45) is 5.73 Å². The number of nitrogens with one attached hydrogen (secondary N) is 1. The molecule has 0 bridgehead atoms. The number of hydrogen-bond donors (Lipinski definition) is 2. The standard InChI is InChI=1S/C20H25N3O4S/c1-22-19(26)18(25)15(9-4-3-5-10-17(21)24)20-23-16(12-28-20)13-7-6-8-14(11-13)27-2/h6-8,11-12,15H,3-5,9-10H2,1-2H3,(H2,21,24)(H,22,26). The van der Waals surface area contributed by atoms with Gasteiger partial charge in [0.25, 0.3) is 5.91 Å². The first-order valence-corrected chi connectivity index (χ1v) is 9.98. The number of amides is 2. The van der Waals surface area contributed by atoms with E-state index >= 15 is 0 Å². The van der Waals surface area contributed by atoms with Gasteiger partial charge in [-0.1, -0.05) is 25.0 Å². The second-order valence-corrected chi connectivity index (χ2v) is 7.25. The number of carbonyl (C=O) groups is 3. The van der Waals surface area contributed by atoms with E-state index < -0.39 is 17.6 Å². The molecule has 2 amide bonds. The number of nitrogens with zero attached hydrogens (tertiary/aromatic N) is 1. The highest BCUT2D eigenvalue weighted by Crippen LogP contribution is 2.31. The van der Waals surface area contributed by atoms with E-state index in [0.29, 0.717) is 30.7 Å². The van der Waals surface area contributed by atoms with Crippen molar-refractivity contribution >= 4 is 28.9 Å². The zero-order valence-electron chi connectivity index (χ0n) is 16.1. The lowest BCUT2D eigenvalue weighted by molar-refractivity contribution is -0.138. The van der Waals surface area contributed by atoms with E-state index in [1.165, 1.54) is 18.4 Å². The molecule has 3 N–H and O–H groups in total. The van der Waals surface area contributed by atoms with Crippen molar-refractivity contribution in [2.45, 2.75) is 38.0 Å². The highest BCUT2D eigenvalue weighted by atomic mass is 32.1. The second-order valence-electron chi connectivity index (χ2n) is 6.36. The van der Waals surface area contributed by atoms with Crippen molar-refractivity contribution in [3.8, 4) is 17.0 Å². The average Bonchev–Trinajstić information content (AvgIpc) is 3.19. The molecule has 28 heavy (non-hydrogen) atoms. The number of thiazole rings is 1. The predicted octanol–water partition coefficient (Wildman–Crippen LogP) is 2.65. The number of hydrogen-bond acceptors (Lipinski definition) is 6. The Labute approximate surface area is 168 Å². The van der Waals surface area contributed by atoms with Crippen LogP contribution in [-0.4, -0.2) is 36.7 Å². The molecule has 1 aromatic heterocycles. The molecule has 2 rings (SSSR count). The van der Waals surface area contributed by atoms with Gasteiger partial charge in [-0.15, -0.1) is 11.3 Å². The molecular weight excluding hydrogens is 378 g/mol. The molecule has 0 aliphatic rings. The first-order chi connectivity index (χ1) is 13.5. The number of benzene rings is 1. The number of rotatable bonds is 11. The predicted molar refractivity (Wildman–Crippen MR) is 108 cm³/mol. The lowest BCUT2D eigenvalue weighted by Crippen LogP contribution is -2.32. The number of ether oxygens (including phenoxy) is 1. The van der Waals surface area contributed by atoms with Crippen LogP contribution in [0.15, 0.2) is 29.6 Å². The Morgan fingerprint density at radius 1 is 1.25 bits per heavy atom. The fourth-order valence-corrected chi connectivity index (χ4v) is 3.80. The average molecular weight is 404 g/mol. The van der Waals surface area contributed by atoms with Gasteiger partial charge in [0.15, 0.2) is 0 Å². The number of aromatic nitrogens is 1. The monoisotopic (exact) mass is 403 g/mol. The molecule has 1 heterocycles. The van der Waals surface area contributed by atoms with Crippen LogP contribution in [0.5, 0.6) is 5.75 Å². The molecule has 0 radical (unpaired) electrons. The lowest BCUT2D eigenvalue weighted by atomic mass is 9.96. The summed E-state index contributed by atoms with van der Waals surface area (Å²) in [5.41, 5.74) is 6.77. The lowest BCUT2D eigenvalue weighted by Gasteiger charge is -2.12. The summed E-state index contributed by atoms with van der Waals surface area (Å²) in [7, 11) is 3.04. The molecule has 1 unspecified atom stereocenters. The third kappa shape index (κ3) is 5.88. The van der Waals surface area contributed by atoms with Gasteiger partial charge in [0.1, 0.15) is 10.8 Å². The van der Waals surface area contributed by atoms with Crippen LogP contribution in [0.2, 0.25) is 0 Å². The Morgan fingerprint density at radius 3 is 2.71 bits per heavy atom. The molecule has 2 aromatic rings. The largest absolute Gasteiger partial charge is 0.497 e. The number of carbonyl (C=O) groups excluding carboxylic acids is 3. The van der Waals surface area contributed by atoms with Gasteiger partial charge in [0.05, 0.1) is 18.7 Å². The van der Waals surface area contributed by atoms with Crippen LogP contribution in [0, 0.1) is 0 Å². The van der Waals surface area contributed by atoms with Crippen LogP contribution in [-0.2, 0) is 14.4 Å². The number of unbranched alkanes of at least 4 members (excludes halogenated alkanes) is 2. The maximum atomic E-state index is 12.6. The molecular formula is C20H25N3O4S. The summed E-state index contributed by atoms with van der Waals surface area (Å²) in [6.07, 6.45) is 2.95. The normalized spacial score (nSPS) is 11.6. The quantitative estimate of drug-likeness (QED) is 0.442. The molecule has 7 nitrogen and oxygen atoms in total. The summed E-state index contributed by atoms with van der Waals surface area (Å²) in [6.45, 7) is 0.